The van der Waals surface area contributed by atoms with Crippen LogP contribution in [0.1, 0.15) is 5.56 Å². The number of ether oxygens (including phenoxy) is 1. The molecule has 0 heterocycles. The highest BCUT2D eigenvalue weighted by atomic mass is 35.5. The van der Waals surface area contributed by atoms with Crippen molar-refractivity contribution < 1.29 is 4.74 Å². The number of rotatable bonds is 3. The van der Waals surface area contributed by atoms with Gasteiger partial charge in [0.05, 0.1) is 12.8 Å². The average Bonchev–Trinajstić information content (AvgIpc) is 2.45. The fraction of sp³-hybridized carbons (Fsp3) is 0.188. The van der Waals surface area contributed by atoms with Crippen LogP contribution in [-0.2, 0) is 0 Å². The van der Waals surface area contributed by atoms with Crippen molar-refractivity contribution in [3.05, 3.63) is 59.1 Å². The number of halogens is 1. The van der Waals surface area contributed by atoms with Crippen LogP contribution in [0.3, 0.4) is 0 Å². The van der Waals surface area contributed by atoms with E-state index in [4.69, 9.17) is 16.3 Å². The highest BCUT2D eigenvalue weighted by molar-refractivity contribution is 6.30. The number of nitrogens with zero attached hydrogens (tertiary/aromatic N) is 2. The second-order valence-corrected chi connectivity index (χ2v) is 4.97. The maximum atomic E-state index is 5.99. The number of amidine groups is 1. The van der Waals surface area contributed by atoms with Crippen LogP contribution in [0.25, 0.3) is 0 Å². The van der Waals surface area contributed by atoms with Gasteiger partial charge < -0.3 is 9.64 Å². The molecular weight excluding hydrogens is 272 g/mol. The first-order chi connectivity index (χ1) is 9.60. The Morgan fingerprint density at radius 3 is 2.35 bits per heavy atom. The smallest absolute Gasteiger partial charge is 0.136 e. The Morgan fingerprint density at radius 2 is 1.80 bits per heavy atom. The molecule has 3 nitrogen and oxygen atoms in total. The van der Waals surface area contributed by atoms with Gasteiger partial charge in [0.2, 0.25) is 0 Å². The molecule has 2 aromatic carbocycles. The zero-order valence-electron chi connectivity index (χ0n) is 11.8. The Balaban J connectivity index is 2.40. The Morgan fingerprint density at radius 1 is 1.10 bits per heavy atom. The first-order valence-electron chi connectivity index (χ1n) is 6.26. The van der Waals surface area contributed by atoms with Gasteiger partial charge in [-0.05, 0) is 42.5 Å². The Hall–Kier alpha value is -2.00. The number of methoxy groups -OCH3 is 1. The van der Waals surface area contributed by atoms with Crippen LogP contribution in [0, 0.1) is 0 Å². The summed E-state index contributed by atoms with van der Waals surface area (Å²) in [5.74, 6) is 1.70. The summed E-state index contributed by atoms with van der Waals surface area (Å²) in [4.78, 5) is 6.64. The normalized spacial score (nSPS) is 11.3. The third kappa shape index (κ3) is 3.52. The van der Waals surface area contributed by atoms with Crippen LogP contribution >= 0.6 is 11.6 Å². The highest BCUT2D eigenvalue weighted by Crippen LogP contribution is 2.20. The summed E-state index contributed by atoms with van der Waals surface area (Å²) in [5, 5.41) is 0.680. The lowest BCUT2D eigenvalue weighted by Crippen LogP contribution is -2.22. The van der Waals surface area contributed by atoms with Gasteiger partial charge in [-0.1, -0.05) is 17.7 Å². The Kier molecular flexibility index (Phi) is 4.64. The van der Waals surface area contributed by atoms with E-state index in [0.717, 1.165) is 22.8 Å². The van der Waals surface area contributed by atoms with E-state index in [1.807, 2.05) is 67.5 Å². The van der Waals surface area contributed by atoms with E-state index in [1.54, 1.807) is 7.11 Å². The second-order valence-electron chi connectivity index (χ2n) is 4.54. The van der Waals surface area contributed by atoms with Crippen molar-refractivity contribution in [1.82, 2.24) is 4.90 Å². The van der Waals surface area contributed by atoms with Gasteiger partial charge in [-0.25, -0.2) is 4.99 Å². The fourth-order valence-corrected chi connectivity index (χ4v) is 2.02. The molecule has 104 valence electrons. The van der Waals surface area contributed by atoms with Crippen molar-refractivity contribution in [2.75, 3.05) is 21.2 Å². The molecule has 0 aliphatic rings. The van der Waals surface area contributed by atoms with E-state index in [9.17, 15) is 0 Å². The van der Waals surface area contributed by atoms with Crippen molar-refractivity contribution in [2.45, 2.75) is 0 Å². The van der Waals surface area contributed by atoms with Gasteiger partial charge in [-0.3, -0.25) is 0 Å². The summed E-state index contributed by atoms with van der Waals surface area (Å²) < 4.78 is 5.17. The van der Waals surface area contributed by atoms with Crippen molar-refractivity contribution in [3.63, 3.8) is 0 Å². The van der Waals surface area contributed by atoms with E-state index < -0.39 is 0 Å². The maximum absolute atomic E-state index is 5.99. The van der Waals surface area contributed by atoms with Gasteiger partial charge >= 0.3 is 0 Å². The summed E-state index contributed by atoms with van der Waals surface area (Å²) in [6.45, 7) is 0. The summed E-state index contributed by atoms with van der Waals surface area (Å²) in [6.07, 6.45) is 0. The minimum atomic E-state index is 0.680. The average molecular weight is 289 g/mol. The van der Waals surface area contributed by atoms with E-state index in [2.05, 4.69) is 4.99 Å². The van der Waals surface area contributed by atoms with Crippen LogP contribution in [0.2, 0.25) is 5.02 Å². The third-order valence-corrected chi connectivity index (χ3v) is 3.05. The van der Waals surface area contributed by atoms with Crippen LogP contribution in [-0.4, -0.2) is 31.9 Å². The van der Waals surface area contributed by atoms with Crippen LogP contribution in [0.15, 0.2) is 53.5 Å². The molecule has 0 aromatic heterocycles. The molecule has 0 amide bonds. The number of aliphatic imine (C=N–C) groups is 1. The molecular formula is C16H17ClN2O. The first kappa shape index (κ1) is 14.4. The standard InChI is InChI=1S/C16H17ClN2O/c1-19(2)16(12-7-9-15(20-3)10-8-12)18-14-6-4-5-13(17)11-14/h4-11H,1-3H3. The summed E-state index contributed by atoms with van der Waals surface area (Å²) in [6, 6.07) is 15.3. The minimum absolute atomic E-state index is 0.680. The van der Waals surface area contributed by atoms with Crippen LogP contribution < -0.4 is 4.74 Å². The summed E-state index contributed by atoms with van der Waals surface area (Å²) >= 11 is 5.99. The molecule has 0 aliphatic heterocycles. The van der Waals surface area contributed by atoms with Crippen molar-refractivity contribution in [2.24, 2.45) is 4.99 Å². The van der Waals surface area contributed by atoms with Crippen LogP contribution in [0.5, 0.6) is 5.75 Å². The van der Waals surface area contributed by atoms with E-state index in [0.29, 0.717) is 5.02 Å². The molecule has 4 heteroatoms. The van der Waals surface area contributed by atoms with E-state index in [-0.39, 0.29) is 0 Å². The molecule has 20 heavy (non-hydrogen) atoms. The molecule has 0 saturated carbocycles. The summed E-state index contributed by atoms with van der Waals surface area (Å²) in [7, 11) is 5.59. The second kappa shape index (κ2) is 6.44. The first-order valence-corrected chi connectivity index (χ1v) is 6.64. The van der Waals surface area contributed by atoms with Crippen LogP contribution in [0.4, 0.5) is 5.69 Å². The lowest BCUT2D eigenvalue weighted by atomic mass is 10.2. The van der Waals surface area contributed by atoms with Gasteiger partial charge in [0.25, 0.3) is 0 Å². The van der Waals surface area contributed by atoms with Gasteiger partial charge in [-0.15, -0.1) is 0 Å². The molecule has 2 rings (SSSR count). The number of benzene rings is 2. The molecule has 0 unspecified atom stereocenters. The molecule has 2 aromatic rings. The largest absolute Gasteiger partial charge is 0.497 e. The molecule has 0 aliphatic carbocycles. The topological polar surface area (TPSA) is 24.8 Å². The maximum Gasteiger partial charge on any atom is 0.136 e. The van der Waals surface area contributed by atoms with Gasteiger partial charge in [0.1, 0.15) is 11.6 Å². The molecule has 0 bridgehead atoms. The SMILES string of the molecule is COc1ccc(C(=Nc2cccc(Cl)c2)N(C)C)cc1. The summed E-state index contributed by atoms with van der Waals surface area (Å²) in [5.41, 5.74) is 1.85. The van der Waals surface area contributed by atoms with Gasteiger partial charge in [0.15, 0.2) is 0 Å². The van der Waals surface area contributed by atoms with Gasteiger partial charge in [0, 0.05) is 24.7 Å². The Bertz CT molecular complexity index is 606. The molecule has 0 radical (unpaired) electrons. The highest BCUT2D eigenvalue weighted by Gasteiger charge is 2.07. The Labute approximate surface area is 124 Å². The molecule has 0 fully saturated rings. The fourth-order valence-electron chi connectivity index (χ4n) is 1.83. The van der Waals surface area contributed by atoms with E-state index in [1.165, 1.54) is 0 Å². The molecule has 0 saturated heterocycles. The molecule has 0 N–H and O–H groups in total. The minimum Gasteiger partial charge on any atom is -0.497 e. The monoisotopic (exact) mass is 288 g/mol. The molecule has 0 spiro atoms. The number of hydrogen-bond acceptors (Lipinski definition) is 2. The van der Waals surface area contributed by atoms with E-state index >= 15 is 0 Å². The zero-order chi connectivity index (χ0) is 14.5. The predicted octanol–water partition coefficient (Wildman–Crippen LogP) is 3.99. The predicted molar refractivity (Wildman–Crippen MR) is 84.3 cm³/mol. The quantitative estimate of drug-likeness (QED) is 0.630. The van der Waals surface area contributed by atoms with Crippen molar-refractivity contribution in [3.8, 4) is 5.75 Å². The lowest BCUT2D eigenvalue weighted by Gasteiger charge is -2.16. The number of hydrogen-bond donors (Lipinski definition) is 0. The van der Waals surface area contributed by atoms with Gasteiger partial charge in [-0.2, -0.15) is 0 Å². The molecule has 0 atom stereocenters. The van der Waals surface area contributed by atoms with Crippen molar-refractivity contribution in [1.29, 1.82) is 0 Å². The third-order valence-electron chi connectivity index (χ3n) is 2.82. The van der Waals surface area contributed by atoms with Crippen molar-refractivity contribution >= 4 is 23.1 Å². The zero-order valence-corrected chi connectivity index (χ0v) is 12.6. The lowest BCUT2D eigenvalue weighted by molar-refractivity contribution is 0.414.